The van der Waals surface area contributed by atoms with Crippen LogP contribution in [0.4, 0.5) is 5.13 Å². The molecule has 1 aromatic rings. The molecule has 0 aromatic carbocycles. The van der Waals surface area contributed by atoms with Gasteiger partial charge in [0.15, 0.2) is 0 Å². The van der Waals surface area contributed by atoms with Crippen molar-refractivity contribution < 1.29 is 4.79 Å². The molecule has 2 heterocycles. The average molecular weight is 305 g/mol. The number of nitrogens with one attached hydrogen (secondary N) is 2. The van der Waals surface area contributed by atoms with Crippen molar-refractivity contribution in [1.82, 2.24) is 15.5 Å². The summed E-state index contributed by atoms with van der Waals surface area (Å²) in [6, 6.07) is 0. The quantitative estimate of drug-likeness (QED) is 0.879. The third-order valence-corrected chi connectivity index (χ3v) is 4.27. The number of piperidine rings is 1. The summed E-state index contributed by atoms with van der Waals surface area (Å²) in [5, 5.41) is 15.9. The summed E-state index contributed by atoms with van der Waals surface area (Å²) in [5.41, 5.74) is -0.0184. The lowest BCUT2D eigenvalue weighted by atomic mass is 9.97. The van der Waals surface area contributed by atoms with Crippen LogP contribution in [0.3, 0.4) is 0 Å². The van der Waals surface area contributed by atoms with Crippen LogP contribution in [0.2, 0.25) is 0 Å². The van der Waals surface area contributed by atoms with Crippen molar-refractivity contribution in [2.24, 2.45) is 5.92 Å². The van der Waals surface area contributed by atoms with Crippen molar-refractivity contribution in [2.45, 2.75) is 39.0 Å². The molecule has 0 saturated carbocycles. The fraction of sp³-hybridized carbons (Fsp3) is 0.750. The van der Waals surface area contributed by atoms with Gasteiger partial charge in [0.1, 0.15) is 5.01 Å². The highest BCUT2D eigenvalue weighted by Gasteiger charge is 2.23. The first-order chi connectivity index (χ1) is 8.47. The molecule has 0 spiro atoms. The highest BCUT2D eigenvalue weighted by atomic mass is 35.5. The summed E-state index contributed by atoms with van der Waals surface area (Å²) < 4.78 is 0. The van der Waals surface area contributed by atoms with Gasteiger partial charge >= 0.3 is 0 Å². The zero-order valence-electron chi connectivity index (χ0n) is 11.5. The van der Waals surface area contributed by atoms with Gasteiger partial charge in [0.2, 0.25) is 11.0 Å². The van der Waals surface area contributed by atoms with Crippen molar-refractivity contribution >= 4 is 34.8 Å². The molecule has 1 saturated heterocycles. The maximum Gasteiger partial charge on any atom is 0.229 e. The molecule has 108 valence electrons. The van der Waals surface area contributed by atoms with Gasteiger partial charge in [-0.15, -0.1) is 22.6 Å². The van der Waals surface area contributed by atoms with Crippen LogP contribution in [0.1, 0.15) is 38.6 Å². The molecule has 1 aromatic heterocycles. The molecule has 0 atom stereocenters. The number of halogens is 1. The second kappa shape index (κ2) is 6.63. The van der Waals surface area contributed by atoms with Crippen molar-refractivity contribution in [1.29, 1.82) is 0 Å². The lowest BCUT2D eigenvalue weighted by Crippen LogP contribution is -2.34. The Labute approximate surface area is 124 Å². The molecule has 1 fully saturated rings. The van der Waals surface area contributed by atoms with Gasteiger partial charge in [0.25, 0.3) is 0 Å². The normalized spacial score (nSPS) is 16.8. The van der Waals surface area contributed by atoms with E-state index in [0.29, 0.717) is 5.13 Å². The Morgan fingerprint density at radius 1 is 1.32 bits per heavy atom. The zero-order chi connectivity index (χ0) is 13.2. The first-order valence-electron chi connectivity index (χ1n) is 6.32. The highest BCUT2D eigenvalue weighted by Crippen LogP contribution is 2.28. The second-order valence-electron chi connectivity index (χ2n) is 5.68. The number of hydrogen-bond acceptors (Lipinski definition) is 5. The van der Waals surface area contributed by atoms with E-state index in [0.717, 1.165) is 30.9 Å². The minimum absolute atomic E-state index is 0. The maximum absolute atomic E-state index is 12.0. The van der Waals surface area contributed by atoms with Crippen LogP contribution in [0, 0.1) is 5.92 Å². The summed E-state index contributed by atoms with van der Waals surface area (Å²) in [5.74, 6) is 0.182. The summed E-state index contributed by atoms with van der Waals surface area (Å²) in [4.78, 5) is 12.0. The van der Waals surface area contributed by atoms with E-state index in [1.165, 1.54) is 11.3 Å². The number of aromatic nitrogens is 2. The van der Waals surface area contributed by atoms with E-state index >= 15 is 0 Å². The SMILES string of the molecule is CC(C)(C)c1nnc(NC(=O)C2CCNCC2)s1.Cl. The van der Waals surface area contributed by atoms with Crippen LogP contribution >= 0.6 is 23.7 Å². The number of carbonyl (C=O) groups excluding carboxylic acids is 1. The van der Waals surface area contributed by atoms with Crippen LogP contribution in [0.15, 0.2) is 0 Å². The van der Waals surface area contributed by atoms with Crippen molar-refractivity contribution in [3.05, 3.63) is 5.01 Å². The second-order valence-corrected chi connectivity index (χ2v) is 6.65. The monoisotopic (exact) mass is 304 g/mol. The number of rotatable bonds is 2. The first-order valence-corrected chi connectivity index (χ1v) is 7.14. The minimum atomic E-state index is -0.0184. The summed E-state index contributed by atoms with van der Waals surface area (Å²) in [7, 11) is 0. The Morgan fingerprint density at radius 2 is 1.95 bits per heavy atom. The van der Waals surface area contributed by atoms with E-state index in [2.05, 4.69) is 41.6 Å². The van der Waals surface area contributed by atoms with Gasteiger partial charge in [-0.25, -0.2) is 0 Å². The van der Waals surface area contributed by atoms with Gasteiger partial charge in [-0.1, -0.05) is 32.1 Å². The standard InChI is InChI=1S/C12H20N4OS.ClH/c1-12(2,3)10-15-16-11(18-10)14-9(17)8-4-6-13-7-5-8;/h8,13H,4-7H2,1-3H3,(H,14,16,17);1H. The molecule has 0 unspecified atom stereocenters. The third kappa shape index (κ3) is 4.40. The maximum atomic E-state index is 12.0. The summed E-state index contributed by atoms with van der Waals surface area (Å²) in [6.45, 7) is 8.10. The smallest absolute Gasteiger partial charge is 0.229 e. The predicted molar refractivity (Wildman–Crippen MR) is 80.1 cm³/mol. The van der Waals surface area contributed by atoms with Crippen molar-refractivity contribution in [3.63, 3.8) is 0 Å². The van der Waals surface area contributed by atoms with Crippen molar-refractivity contribution in [3.8, 4) is 0 Å². The van der Waals surface area contributed by atoms with Gasteiger partial charge in [0.05, 0.1) is 0 Å². The third-order valence-electron chi connectivity index (χ3n) is 3.01. The number of hydrogen-bond donors (Lipinski definition) is 2. The van der Waals surface area contributed by atoms with Crippen LogP contribution in [0.25, 0.3) is 0 Å². The van der Waals surface area contributed by atoms with Crippen molar-refractivity contribution in [2.75, 3.05) is 18.4 Å². The molecule has 7 heteroatoms. The molecule has 0 aliphatic carbocycles. The minimum Gasteiger partial charge on any atom is -0.317 e. The molecule has 1 aliphatic rings. The molecular weight excluding hydrogens is 284 g/mol. The topological polar surface area (TPSA) is 66.9 Å². The lowest BCUT2D eigenvalue weighted by Gasteiger charge is -2.20. The fourth-order valence-corrected chi connectivity index (χ4v) is 2.67. The Kier molecular flexibility index (Phi) is 5.70. The Bertz CT molecular complexity index is 424. The average Bonchev–Trinajstić information content (AvgIpc) is 2.78. The molecular formula is C12H21ClN4OS. The lowest BCUT2D eigenvalue weighted by molar-refractivity contribution is -0.120. The van der Waals surface area contributed by atoms with E-state index in [9.17, 15) is 4.79 Å². The highest BCUT2D eigenvalue weighted by molar-refractivity contribution is 7.15. The van der Waals surface area contributed by atoms with E-state index in [4.69, 9.17) is 0 Å². The van der Waals surface area contributed by atoms with E-state index < -0.39 is 0 Å². The molecule has 2 N–H and O–H groups in total. The van der Waals surface area contributed by atoms with E-state index in [1.807, 2.05) is 0 Å². The molecule has 19 heavy (non-hydrogen) atoms. The number of carbonyl (C=O) groups is 1. The predicted octanol–water partition coefficient (Wildman–Crippen LogP) is 2.20. The molecule has 2 rings (SSSR count). The Morgan fingerprint density at radius 3 is 2.47 bits per heavy atom. The van der Waals surface area contributed by atoms with Gasteiger partial charge in [0, 0.05) is 11.3 Å². The first kappa shape index (κ1) is 16.3. The van der Waals surface area contributed by atoms with E-state index in [1.54, 1.807) is 0 Å². The van der Waals surface area contributed by atoms with Crippen LogP contribution in [-0.2, 0) is 10.2 Å². The summed E-state index contributed by atoms with van der Waals surface area (Å²) in [6.07, 6.45) is 1.80. The van der Waals surface area contributed by atoms with Crippen LogP contribution < -0.4 is 10.6 Å². The number of amides is 1. The molecule has 5 nitrogen and oxygen atoms in total. The fourth-order valence-electron chi connectivity index (χ4n) is 1.87. The zero-order valence-corrected chi connectivity index (χ0v) is 13.2. The van der Waals surface area contributed by atoms with Crippen LogP contribution in [0.5, 0.6) is 0 Å². The van der Waals surface area contributed by atoms with E-state index in [-0.39, 0.29) is 29.6 Å². The van der Waals surface area contributed by atoms with Gasteiger partial charge in [-0.2, -0.15) is 0 Å². The van der Waals surface area contributed by atoms with Gasteiger partial charge in [-0.05, 0) is 25.9 Å². The molecule has 0 bridgehead atoms. The van der Waals surface area contributed by atoms with Crippen LogP contribution in [-0.4, -0.2) is 29.2 Å². The molecule has 1 aliphatic heterocycles. The molecule has 1 amide bonds. The Hall–Kier alpha value is -0.720. The number of nitrogens with zero attached hydrogens (tertiary/aromatic N) is 2. The Balaban J connectivity index is 0.00000180. The van der Waals surface area contributed by atoms with Gasteiger partial charge < -0.3 is 10.6 Å². The molecule has 0 radical (unpaired) electrons. The summed E-state index contributed by atoms with van der Waals surface area (Å²) >= 11 is 1.46. The largest absolute Gasteiger partial charge is 0.317 e. The number of anilines is 1. The van der Waals surface area contributed by atoms with Gasteiger partial charge in [-0.3, -0.25) is 4.79 Å².